The molecule has 2 fully saturated rings. The molecule has 8 heteroatoms. The Hall–Kier alpha value is -1.80. The van der Waals surface area contributed by atoms with Crippen LogP contribution in [0.4, 0.5) is 0 Å². The van der Waals surface area contributed by atoms with E-state index in [-0.39, 0.29) is 11.8 Å². The normalized spacial score (nSPS) is 16.5. The van der Waals surface area contributed by atoms with E-state index in [1.165, 1.54) is 23.5 Å². The van der Waals surface area contributed by atoms with Crippen molar-refractivity contribution in [1.29, 1.82) is 0 Å². The first-order valence-corrected chi connectivity index (χ1v) is 10.8. The van der Waals surface area contributed by atoms with Gasteiger partial charge in [-0.3, -0.25) is 9.59 Å². The third-order valence-electron chi connectivity index (χ3n) is 4.07. The molecule has 136 valence electrons. The van der Waals surface area contributed by atoms with Crippen LogP contribution in [0.1, 0.15) is 25.7 Å². The number of hydrogen-bond acceptors (Lipinski definition) is 6. The second-order valence-electron chi connectivity index (χ2n) is 6.58. The molecule has 0 aliphatic heterocycles. The van der Waals surface area contributed by atoms with Crippen LogP contribution in [0.15, 0.2) is 34.3 Å². The third kappa shape index (κ3) is 4.88. The number of carbonyl (C=O) groups excluding carboxylic acids is 2. The number of hydrogen-bond donors (Lipinski definition) is 2. The Labute approximate surface area is 160 Å². The van der Waals surface area contributed by atoms with Gasteiger partial charge in [0.1, 0.15) is 10.1 Å². The van der Waals surface area contributed by atoms with E-state index in [1.54, 1.807) is 0 Å². The molecule has 2 aliphatic rings. The predicted molar refractivity (Wildman–Crippen MR) is 103 cm³/mol. The lowest BCUT2D eigenvalue weighted by atomic mass is 10.3. The summed E-state index contributed by atoms with van der Waals surface area (Å²) in [6.07, 6.45) is 4.29. The third-order valence-corrected chi connectivity index (χ3v) is 6.13. The molecule has 0 atom stereocenters. The zero-order valence-electron chi connectivity index (χ0n) is 14.2. The Balaban J connectivity index is 1.46. The molecule has 2 amide bonds. The molecule has 0 radical (unpaired) electrons. The van der Waals surface area contributed by atoms with Crippen molar-refractivity contribution in [2.24, 2.45) is 0 Å². The smallest absolute Gasteiger partial charge is 0.230 e. The van der Waals surface area contributed by atoms with E-state index in [1.807, 2.05) is 24.3 Å². The molecule has 2 N–H and O–H groups in total. The van der Waals surface area contributed by atoms with Crippen LogP contribution in [0, 0.1) is 0 Å². The summed E-state index contributed by atoms with van der Waals surface area (Å²) in [7, 11) is 0. The van der Waals surface area contributed by atoms with Crippen LogP contribution in [0.2, 0.25) is 0 Å². The quantitative estimate of drug-likeness (QED) is 0.676. The van der Waals surface area contributed by atoms with Gasteiger partial charge in [-0.1, -0.05) is 35.7 Å². The van der Waals surface area contributed by atoms with Crippen molar-refractivity contribution in [3.8, 4) is 0 Å². The van der Waals surface area contributed by atoms with E-state index >= 15 is 0 Å². The monoisotopic (exact) mass is 388 g/mol. The molecule has 2 aromatic rings. The zero-order chi connectivity index (χ0) is 17.9. The largest absolute Gasteiger partial charge is 0.353 e. The highest BCUT2D eigenvalue weighted by molar-refractivity contribution is 8.02. The molecule has 4 rings (SSSR count). The van der Waals surface area contributed by atoms with Crippen LogP contribution in [0.3, 0.4) is 0 Å². The van der Waals surface area contributed by atoms with E-state index in [9.17, 15) is 9.59 Å². The first-order chi connectivity index (χ1) is 12.7. The molecule has 6 nitrogen and oxygen atoms in total. The number of nitrogens with one attached hydrogen (secondary N) is 2. The van der Waals surface area contributed by atoms with Crippen LogP contribution < -0.4 is 10.6 Å². The van der Waals surface area contributed by atoms with Gasteiger partial charge in [-0.2, -0.15) is 0 Å². The maximum atomic E-state index is 12.0. The van der Waals surface area contributed by atoms with Crippen LogP contribution in [-0.2, 0) is 9.59 Å². The van der Waals surface area contributed by atoms with Crippen molar-refractivity contribution in [3.63, 3.8) is 0 Å². The second-order valence-corrected chi connectivity index (χ2v) is 8.51. The van der Waals surface area contributed by atoms with Crippen molar-refractivity contribution >= 4 is 46.4 Å². The fourth-order valence-corrected chi connectivity index (χ4v) is 4.14. The molecule has 0 spiro atoms. The Bertz CT molecular complexity index is 769. The molecule has 2 aliphatic carbocycles. The maximum absolute atomic E-state index is 12.0. The average Bonchev–Trinajstić information content (AvgIpc) is 3.55. The summed E-state index contributed by atoms with van der Waals surface area (Å²) in [5.41, 5.74) is 1.59. The summed E-state index contributed by atoms with van der Waals surface area (Å²) >= 11 is 2.76. The number of fused-ring (bicyclic) bond motifs is 1. The van der Waals surface area contributed by atoms with Crippen molar-refractivity contribution in [2.75, 3.05) is 11.5 Å². The second kappa shape index (κ2) is 7.84. The molecule has 0 unspecified atom stereocenters. The number of thioether (sulfide) groups is 2. The molecule has 0 bridgehead atoms. The Morgan fingerprint density at radius 3 is 1.65 bits per heavy atom. The van der Waals surface area contributed by atoms with Gasteiger partial charge in [0.25, 0.3) is 0 Å². The molecule has 1 aromatic heterocycles. The topological polar surface area (TPSA) is 84.0 Å². The highest BCUT2D eigenvalue weighted by atomic mass is 32.2. The van der Waals surface area contributed by atoms with Crippen molar-refractivity contribution in [1.82, 2.24) is 20.6 Å². The van der Waals surface area contributed by atoms with Gasteiger partial charge in [0.15, 0.2) is 0 Å². The molecular weight excluding hydrogens is 368 g/mol. The van der Waals surface area contributed by atoms with Crippen molar-refractivity contribution in [2.45, 2.75) is 47.8 Å². The Kier molecular flexibility index (Phi) is 5.31. The lowest BCUT2D eigenvalue weighted by Crippen LogP contribution is -2.27. The molecule has 26 heavy (non-hydrogen) atoms. The Morgan fingerprint density at radius 1 is 0.846 bits per heavy atom. The molecule has 0 saturated heterocycles. The van der Waals surface area contributed by atoms with Crippen molar-refractivity contribution < 1.29 is 9.59 Å². The number of aromatic nitrogens is 2. The zero-order valence-corrected chi connectivity index (χ0v) is 15.9. The number of rotatable bonds is 8. The molecule has 1 heterocycles. The minimum absolute atomic E-state index is 0.0230. The van der Waals surface area contributed by atoms with Crippen LogP contribution in [0.5, 0.6) is 0 Å². The summed E-state index contributed by atoms with van der Waals surface area (Å²) in [5, 5.41) is 7.38. The Morgan fingerprint density at radius 2 is 1.27 bits per heavy atom. The molecule has 2 saturated carbocycles. The van der Waals surface area contributed by atoms with E-state index in [4.69, 9.17) is 0 Å². The summed E-state index contributed by atoms with van der Waals surface area (Å²) in [5.74, 6) is 0.668. The minimum atomic E-state index is 0.0230. The molecule has 1 aromatic carbocycles. The first kappa shape index (κ1) is 17.6. The van der Waals surface area contributed by atoms with Gasteiger partial charge in [-0.05, 0) is 37.8 Å². The van der Waals surface area contributed by atoms with Gasteiger partial charge < -0.3 is 10.6 Å². The van der Waals surface area contributed by atoms with E-state index in [0.29, 0.717) is 33.6 Å². The van der Waals surface area contributed by atoms with E-state index in [0.717, 1.165) is 36.7 Å². The van der Waals surface area contributed by atoms with Gasteiger partial charge >= 0.3 is 0 Å². The number of carbonyl (C=O) groups is 2. The number of para-hydroxylation sites is 2. The molecular formula is C18H20N4O2S2. The maximum Gasteiger partial charge on any atom is 0.230 e. The summed E-state index contributed by atoms with van der Waals surface area (Å²) in [4.78, 5) is 33.3. The highest BCUT2D eigenvalue weighted by Gasteiger charge is 2.24. The summed E-state index contributed by atoms with van der Waals surface area (Å²) < 4.78 is 0. The van der Waals surface area contributed by atoms with Gasteiger partial charge in [0, 0.05) is 12.1 Å². The predicted octanol–water partition coefficient (Wildman–Crippen LogP) is 2.37. The average molecular weight is 389 g/mol. The van der Waals surface area contributed by atoms with Crippen molar-refractivity contribution in [3.05, 3.63) is 24.3 Å². The number of benzene rings is 1. The fraction of sp³-hybridized carbons (Fsp3) is 0.444. The fourth-order valence-electron chi connectivity index (χ4n) is 2.42. The van der Waals surface area contributed by atoms with E-state index in [2.05, 4.69) is 20.6 Å². The van der Waals surface area contributed by atoms with Crippen LogP contribution in [0.25, 0.3) is 11.0 Å². The SMILES string of the molecule is O=C(CSc1nc2ccccc2nc1SCC(=O)NC1CC1)NC1CC1. The van der Waals surface area contributed by atoms with E-state index < -0.39 is 0 Å². The minimum Gasteiger partial charge on any atom is -0.353 e. The summed E-state index contributed by atoms with van der Waals surface area (Å²) in [6.45, 7) is 0. The van der Waals surface area contributed by atoms with Gasteiger partial charge in [-0.15, -0.1) is 0 Å². The van der Waals surface area contributed by atoms with Gasteiger partial charge in [0.2, 0.25) is 11.8 Å². The summed E-state index contributed by atoms with van der Waals surface area (Å²) in [6, 6.07) is 8.36. The highest BCUT2D eigenvalue weighted by Crippen LogP contribution is 2.30. The first-order valence-electron chi connectivity index (χ1n) is 8.78. The van der Waals surface area contributed by atoms with Gasteiger partial charge in [0.05, 0.1) is 22.5 Å². The van der Waals surface area contributed by atoms with Crippen LogP contribution in [-0.4, -0.2) is 45.4 Å². The number of amides is 2. The number of nitrogens with zero attached hydrogens (tertiary/aromatic N) is 2. The van der Waals surface area contributed by atoms with Gasteiger partial charge in [-0.25, -0.2) is 9.97 Å². The lowest BCUT2D eigenvalue weighted by molar-refractivity contribution is -0.119. The van der Waals surface area contributed by atoms with Crippen LogP contribution >= 0.6 is 23.5 Å². The standard InChI is InChI=1S/C18H20N4O2S2/c23-15(19-11-5-6-11)9-25-17-18(26-10-16(24)20-12-7-8-12)22-14-4-2-1-3-13(14)21-17/h1-4,11-12H,5-10H2,(H,19,23)(H,20,24). The lowest BCUT2D eigenvalue weighted by Gasteiger charge is -2.09.